The maximum atomic E-state index is 4.64. The summed E-state index contributed by atoms with van der Waals surface area (Å²) < 4.78 is 1.94. The van der Waals surface area contributed by atoms with Crippen molar-refractivity contribution in [3.63, 3.8) is 0 Å². The Morgan fingerprint density at radius 2 is 2.12 bits per heavy atom. The molecule has 0 unspecified atom stereocenters. The lowest BCUT2D eigenvalue weighted by molar-refractivity contribution is 0.583. The summed E-state index contributed by atoms with van der Waals surface area (Å²) in [5.41, 5.74) is 2.59. The van der Waals surface area contributed by atoms with Crippen LogP contribution in [0.2, 0.25) is 0 Å². The van der Waals surface area contributed by atoms with Gasteiger partial charge in [-0.25, -0.2) is 0 Å². The van der Waals surface area contributed by atoms with Gasteiger partial charge in [0, 0.05) is 55.7 Å². The van der Waals surface area contributed by atoms with Gasteiger partial charge in [0.1, 0.15) is 0 Å². The number of aromatic amines is 1. The van der Waals surface area contributed by atoms with Crippen LogP contribution >= 0.6 is 0 Å². The molecule has 0 radical (unpaired) electrons. The molecular formula is C20H28N6. The number of fused-ring (bicyclic) bond motifs is 1. The molecule has 26 heavy (non-hydrogen) atoms. The Morgan fingerprint density at radius 1 is 1.19 bits per heavy atom. The number of H-pyrrole nitrogens is 1. The Labute approximate surface area is 154 Å². The van der Waals surface area contributed by atoms with Crippen LogP contribution in [0.3, 0.4) is 0 Å². The van der Waals surface area contributed by atoms with E-state index in [2.05, 4.69) is 63.1 Å². The van der Waals surface area contributed by atoms with Gasteiger partial charge in [-0.05, 0) is 43.9 Å². The minimum atomic E-state index is 0.789. The lowest BCUT2D eigenvalue weighted by atomic mass is 10.1. The molecule has 2 aromatic heterocycles. The number of aliphatic imine (C=N–C) groups is 1. The van der Waals surface area contributed by atoms with Gasteiger partial charge in [0.25, 0.3) is 0 Å². The number of hydrogen-bond donors (Lipinski definition) is 3. The standard InChI is InChI=1S/C20H28N6/c1-2-21-20(23-12-6-14-26-15-7-13-25-26)22-11-5-8-17-16-24-19-10-4-3-9-18(17)19/h3-4,7,9-10,13,15-16,24H,2,5-6,8,11-12,14H2,1H3,(H2,21,22,23). The summed E-state index contributed by atoms with van der Waals surface area (Å²) in [6.45, 7) is 5.55. The SMILES string of the molecule is CCNC(=NCCCn1cccn1)NCCCc1c[nH]c2ccccc12. The van der Waals surface area contributed by atoms with Crippen LogP contribution in [0.25, 0.3) is 10.9 Å². The maximum Gasteiger partial charge on any atom is 0.191 e. The highest BCUT2D eigenvalue weighted by Crippen LogP contribution is 2.18. The maximum absolute atomic E-state index is 4.64. The molecule has 0 aliphatic heterocycles. The van der Waals surface area contributed by atoms with Gasteiger partial charge in [-0.15, -0.1) is 0 Å². The lowest BCUT2D eigenvalue weighted by Gasteiger charge is -2.11. The Morgan fingerprint density at radius 3 is 2.96 bits per heavy atom. The van der Waals surface area contributed by atoms with Crippen LogP contribution in [0.4, 0.5) is 0 Å². The highest BCUT2D eigenvalue weighted by atomic mass is 15.3. The number of hydrogen-bond acceptors (Lipinski definition) is 2. The lowest BCUT2D eigenvalue weighted by Crippen LogP contribution is -2.38. The fourth-order valence-corrected chi connectivity index (χ4v) is 3.02. The summed E-state index contributed by atoms with van der Waals surface area (Å²) >= 11 is 0. The van der Waals surface area contributed by atoms with Gasteiger partial charge in [-0.2, -0.15) is 5.10 Å². The van der Waals surface area contributed by atoms with Crippen LogP contribution in [-0.2, 0) is 13.0 Å². The van der Waals surface area contributed by atoms with E-state index in [9.17, 15) is 0 Å². The molecule has 0 atom stereocenters. The monoisotopic (exact) mass is 352 g/mol. The van der Waals surface area contributed by atoms with Gasteiger partial charge in [0.2, 0.25) is 0 Å². The third kappa shape index (κ3) is 5.12. The van der Waals surface area contributed by atoms with E-state index in [0.29, 0.717) is 0 Å². The molecule has 0 aliphatic carbocycles. The molecule has 0 fully saturated rings. The van der Waals surface area contributed by atoms with E-state index in [0.717, 1.165) is 51.4 Å². The Balaban J connectivity index is 1.40. The number of guanidine groups is 1. The van der Waals surface area contributed by atoms with Crippen molar-refractivity contribution in [1.29, 1.82) is 0 Å². The first-order chi connectivity index (χ1) is 12.9. The van der Waals surface area contributed by atoms with Crippen molar-refractivity contribution in [1.82, 2.24) is 25.4 Å². The molecular weight excluding hydrogens is 324 g/mol. The summed E-state index contributed by atoms with van der Waals surface area (Å²) in [4.78, 5) is 7.98. The van der Waals surface area contributed by atoms with Crippen molar-refractivity contribution in [3.8, 4) is 0 Å². The van der Waals surface area contributed by atoms with E-state index in [4.69, 9.17) is 0 Å². The van der Waals surface area contributed by atoms with Gasteiger partial charge >= 0.3 is 0 Å². The minimum absolute atomic E-state index is 0.789. The number of para-hydroxylation sites is 1. The Hall–Kier alpha value is -2.76. The van der Waals surface area contributed by atoms with Crippen molar-refractivity contribution >= 4 is 16.9 Å². The molecule has 6 heteroatoms. The van der Waals surface area contributed by atoms with Crippen LogP contribution in [0.5, 0.6) is 0 Å². The molecule has 3 aromatic rings. The van der Waals surface area contributed by atoms with E-state index in [1.54, 1.807) is 0 Å². The van der Waals surface area contributed by atoms with E-state index < -0.39 is 0 Å². The third-order valence-electron chi connectivity index (χ3n) is 4.31. The molecule has 6 nitrogen and oxygen atoms in total. The molecule has 0 saturated heterocycles. The fourth-order valence-electron chi connectivity index (χ4n) is 3.02. The first-order valence-electron chi connectivity index (χ1n) is 9.41. The summed E-state index contributed by atoms with van der Waals surface area (Å²) in [7, 11) is 0. The van der Waals surface area contributed by atoms with Crippen LogP contribution in [0.15, 0.2) is 53.9 Å². The number of rotatable bonds is 9. The summed E-state index contributed by atoms with van der Waals surface area (Å²) in [5.74, 6) is 0.895. The summed E-state index contributed by atoms with van der Waals surface area (Å²) in [5, 5.41) is 12.3. The van der Waals surface area contributed by atoms with Gasteiger partial charge in [0.15, 0.2) is 5.96 Å². The van der Waals surface area contributed by atoms with Crippen molar-refractivity contribution in [3.05, 3.63) is 54.5 Å². The highest BCUT2D eigenvalue weighted by molar-refractivity contribution is 5.83. The molecule has 0 saturated carbocycles. The average Bonchev–Trinajstić information content (AvgIpc) is 3.32. The van der Waals surface area contributed by atoms with E-state index in [-0.39, 0.29) is 0 Å². The van der Waals surface area contributed by atoms with Gasteiger partial charge in [-0.1, -0.05) is 18.2 Å². The first-order valence-corrected chi connectivity index (χ1v) is 9.41. The molecule has 1 aromatic carbocycles. The molecule has 0 bridgehead atoms. The second-order valence-corrected chi connectivity index (χ2v) is 6.27. The van der Waals surface area contributed by atoms with Crippen molar-refractivity contribution in [2.45, 2.75) is 32.7 Å². The molecule has 0 spiro atoms. The number of benzene rings is 1. The highest BCUT2D eigenvalue weighted by Gasteiger charge is 2.03. The van der Waals surface area contributed by atoms with Crippen LogP contribution in [0, 0.1) is 0 Å². The topological polar surface area (TPSA) is 70.0 Å². The van der Waals surface area contributed by atoms with E-state index >= 15 is 0 Å². The first kappa shape index (κ1) is 18.0. The molecule has 3 N–H and O–H groups in total. The number of aryl methyl sites for hydroxylation is 2. The Kier molecular flexibility index (Phi) is 6.70. The smallest absolute Gasteiger partial charge is 0.191 e. The third-order valence-corrected chi connectivity index (χ3v) is 4.31. The van der Waals surface area contributed by atoms with Crippen LogP contribution in [-0.4, -0.2) is 40.4 Å². The van der Waals surface area contributed by atoms with E-state index in [1.807, 2.05) is 23.1 Å². The van der Waals surface area contributed by atoms with Gasteiger partial charge < -0.3 is 15.6 Å². The summed E-state index contributed by atoms with van der Waals surface area (Å²) in [6, 6.07) is 10.4. The predicted octanol–water partition coefficient (Wildman–Crippen LogP) is 2.94. The van der Waals surface area contributed by atoms with Gasteiger partial charge in [-0.3, -0.25) is 9.67 Å². The van der Waals surface area contributed by atoms with E-state index in [1.165, 1.54) is 16.5 Å². The zero-order valence-corrected chi connectivity index (χ0v) is 15.4. The molecule has 3 rings (SSSR count). The van der Waals surface area contributed by atoms with Gasteiger partial charge in [0.05, 0.1) is 0 Å². The molecule has 0 amide bonds. The normalized spacial score (nSPS) is 11.8. The van der Waals surface area contributed by atoms with Crippen LogP contribution < -0.4 is 10.6 Å². The van der Waals surface area contributed by atoms with Crippen molar-refractivity contribution in [2.75, 3.05) is 19.6 Å². The molecule has 0 aliphatic rings. The van der Waals surface area contributed by atoms with Crippen molar-refractivity contribution in [2.24, 2.45) is 4.99 Å². The second-order valence-electron chi connectivity index (χ2n) is 6.27. The molecule has 138 valence electrons. The molecule has 2 heterocycles. The second kappa shape index (κ2) is 9.65. The number of nitrogens with zero attached hydrogens (tertiary/aromatic N) is 3. The number of nitrogens with one attached hydrogen (secondary N) is 3. The van der Waals surface area contributed by atoms with Crippen molar-refractivity contribution < 1.29 is 0 Å². The quantitative estimate of drug-likeness (QED) is 0.315. The van der Waals surface area contributed by atoms with Crippen LogP contribution in [0.1, 0.15) is 25.3 Å². The zero-order valence-electron chi connectivity index (χ0n) is 15.4. The zero-order chi connectivity index (χ0) is 18.0. The predicted molar refractivity (Wildman–Crippen MR) is 107 cm³/mol. The number of aromatic nitrogens is 3. The summed E-state index contributed by atoms with van der Waals surface area (Å²) in [6.07, 6.45) is 9.02. The Bertz CT molecular complexity index is 803. The largest absolute Gasteiger partial charge is 0.361 e. The average molecular weight is 352 g/mol. The fraction of sp³-hybridized carbons (Fsp3) is 0.400. The minimum Gasteiger partial charge on any atom is -0.361 e.